The van der Waals surface area contributed by atoms with Gasteiger partial charge in [-0.25, -0.2) is 13.4 Å². The fraction of sp³-hybridized carbons (Fsp3) is 0.333. The highest BCUT2D eigenvalue weighted by Crippen LogP contribution is 2.28. The van der Waals surface area contributed by atoms with Crippen LogP contribution < -0.4 is 5.32 Å². The highest BCUT2D eigenvalue weighted by molar-refractivity contribution is 7.89. The Morgan fingerprint density at radius 1 is 1.07 bits per heavy atom. The van der Waals surface area contributed by atoms with Crippen molar-refractivity contribution in [1.29, 1.82) is 0 Å². The molecule has 1 saturated heterocycles. The van der Waals surface area contributed by atoms with Crippen molar-refractivity contribution in [3.05, 3.63) is 53.1 Å². The predicted molar refractivity (Wildman–Crippen MR) is 116 cm³/mol. The molecule has 1 N–H and O–H groups in total. The fourth-order valence-corrected chi connectivity index (χ4v) is 6.01. The zero-order valence-electron chi connectivity index (χ0n) is 16.4. The van der Waals surface area contributed by atoms with Crippen LogP contribution in [0, 0.1) is 13.8 Å². The molecule has 0 unspecified atom stereocenters. The number of sulfonamides is 1. The van der Waals surface area contributed by atoms with Gasteiger partial charge >= 0.3 is 0 Å². The lowest BCUT2D eigenvalue weighted by Crippen LogP contribution is -2.35. The van der Waals surface area contributed by atoms with Gasteiger partial charge in [-0.2, -0.15) is 4.31 Å². The lowest BCUT2D eigenvalue weighted by Gasteiger charge is -2.26. The van der Waals surface area contributed by atoms with Crippen molar-refractivity contribution < 1.29 is 13.2 Å². The van der Waals surface area contributed by atoms with Crippen LogP contribution in [0.2, 0.25) is 0 Å². The highest BCUT2D eigenvalue weighted by Gasteiger charge is 2.27. The molecule has 0 spiro atoms. The summed E-state index contributed by atoms with van der Waals surface area (Å²) in [6, 6.07) is 10.7. The second-order valence-electron chi connectivity index (χ2n) is 7.39. The minimum absolute atomic E-state index is 0.162. The van der Waals surface area contributed by atoms with Crippen molar-refractivity contribution in [2.45, 2.75) is 38.0 Å². The summed E-state index contributed by atoms with van der Waals surface area (Å²) in [5.74, 6) is -0.353. The summed E-state index contributed by atoms with van der Waals surface area (Å²) in [6.45, 7) is 4.87. The van der Waals surface area contributed by atoms with Crippen molar-refractivity contribution in [3.63, 3.8) is 0 Å². The maximum Gasteiger partial charge on any atom is 0.257 e. The zero-order chi connectivity index (χ0) is 20.6. The topological polar surface area (TPSA) is 79.4 Å². The lowest BCUT2D eigenvalue weighted by atomic mass is 10.1. The molecule has 2 aromatic carbocycles. The summed E-state index contributed by atoms with van der Waals surface area (Å²) in [5, 5.41) is 3.33. The van der Waals surface area contributed by atoms with Gasteiger partial charge < -0.3 is 0 Å². The van der Waals surface area contributed by atoms with Crippen LogP contribution in [-0.4, -0.2) is 36.7 Å². The van der Waals surface area contributed by atoms with Crippen molar-refractivity contribution >= 4 is 42.6 Å². The van der Waals surface area contributed by atoms with Gasteiger partial charge in [0.15, 0.2) is 5.13 Å². The van der Waals surface area contributed by atoms with Crippen molar-refractivity contribution in [2.75, 3.05) is 18.4 Å². The average molecular weight is 430 g/mol. The second kappa shape index (κ2) is 7.85. The third-order valence-corrected chi connectivity index (χ3v) is 8.00. The minimum atomic E-state index is -3.59. The first-order valence-corrected chi connectivity index (χ1v) is 11.9. The number of amides is 1. The van der Waals surface area contributed by atoms with Crippen molar-refractivity contribution in [1.82, 2.24) is 9.29 Å². The van der Waals surface area contributed by atoms with Gasteiger partial charge in [-0.05, 0) is 62.1 Å². The van der Waals surface area contributed by atoms with E-state index >= 15 is 0 Å². The van der Waals surface area contributed by atoms with Crippen LogP contribution in [0.1, 0.15) is 40.7 Å². The van der Waals surface area contributed by atoms with Crippen LogP contribution in [0.15, 0.2) is 41.3 Å². The first-order chi connectivity index (χ1) is 13.8. The average Bonchev–Trinajstić information content (AvgIpc) is 3.10. The van der Waals surface area contributed by atoms with Gasteiger partial charge in [0, 0.05) is 18.7 Å². The fourth-order valence-electron chi connectivity index (χ4n) is 3.51. The first-order valence-electron chi connectivity index (χ1n) is 9.64. The number of carbonyl (C=O) groups is 1. The van der Waals surface area contributed by atoms with E-state index in [2.05, 4.69) is 10.3 Å². The molecule has 1 aliphatic heterocycles. The summed E-state index contributed by atoms with van der Waals surface area (Å²) in [6.07, 6.45) is 2.79. The Balaban J connectivity index is 1.61. The number of fused-ring (bicyclic) bond motifs is 1. The number of hydrogen-bond donors (Lipinski definition) is 1. The van der Waals surface area contributed by atoms with E-state index in [0.717, 1.165) is 40.6 Å². The molecule has 152 valence electrons. The maximum absolute atomic E-state index is 13.0. The quantitative estimate of drug-likeness (QED) is 0.669. The number of aromatic nitrogens is 1. The summed E-state index contributed by atoms with van der Waals surface area (Å²) in [4.78, 5) is 17.5. The summed E-state index contributed by atoms with van der Waals surface area (Å²) in [5.41, 5.74) is 3.02. The molecule has 0 saturated carbocycles. The normalized spacial score (nSPS) is 15.5. The molecule has 0 atom stereocenters. The largest absolute Gasteiger partial charge is 0.298 e. The van der Waals surface area contributed by atoms with E-state index in [9.17, 15) is 13.2 Å². The van der Waals surface area contributed by atoms with Gasteiger partial charge in [-0.1, -0.05) is 29.9 Å². The molecule has 3 aromatic rings. The molecule has 1 fully saturated rings. The van der Waals surface area contributed by atoms with Gasteiger partial charge in [0.05, 0.1) is 15.1 Å². The Morgan fingerprint density at radius 2 is 1.83 bits per heavy atom. The Kier molecular flexibility index (Phi) is 5.42. The van der Waals surface area contributed by atoms with Crippen LogP contribution in [-0.2, 0) is 10.0 Å². The van der Waals surface area contributed by atoms with Crippen LogP contribution in [0.25, 0.3) is 10.2 Å². The van der Waals surface area contributed by atoms with E-state index < -0.39 is 10.0 Å². The Hall–Kier alpha value is -2.29. The van der Waals surface area contributed by atoms with E-state index in [-0.39, 0.29) is 10.8 Å². The lowest BCUT2D eigenvalue weighted by molar-refractivity contribution is 0.102. The van der Waals surface area contributed by atoms with Gasteiger partial charge in [0.2, 0.25) is 10.0 Å². The smallest absolute Gasteiger partial charge is 0.257 e. The SMILES string of the molecule is Cc1ccc2nc(NC(=O)c3cc(S(=O)(=O)N4CCCCC4)ccc3C)sc2c1. The minimum Gasteiger partial charge on any atom is -0.298 e. The van der Waals surface area contributed by atoms with Crippen LogP contribution in [0.5, 0.6) is 0 Å². The number of hydrogen-bond acceptors (Lipinski definition) is 5. The molecule has 29 heavy (non-hydrogen) atoms. The number of piperidine rings is 1. The zero-order valence-corrected chi connectivity index (χ0v) is 18.1. The number of nitrogens with zero attached hydrogens (tertiary/aromatic N) is 2. The number of aryl methyl sites for hydroxylation is 2. The van der Waals surface area contributed by atoms with Gasteiger partial charge in [0.1, 0.15) is 0 Å². The number of benzene rings is 2. The van der Waals surface area contributed by atoms with Gasteiger partial charge in [-0.3, -0.25) is 10.1 Å². The molecule has 8 heteroatoms. The maximum atomic E-state index is 13.0. The monoisotopic (exact) mass is 429 g/mol. The summed E-state index contributed by atoms with van der Waals surface area (Å²) < 4.78 is 28.4. The van der Waals surface area contributed by atoms with Crippen molar-refractivity contribution in [3.8, 4) is 0 Å². The summed E-state index contributed by atoms with van der Waals surface area (Å²) in [7, 11) is -3.59. The molecule has 1 aliphatic rings. The number of anilines is 1. The number of thiazole rings is 1. The van der Waals surface area contributed by atoms with E-state index in [0.29, 0.717) is 23.8 Å². The molecule has 0 radical (unpaired) electrons. The van der Waals surface area contributed by atoms with Crippen molar-refractivity contribution in [2.24, 2.45) is 0 Å². The third kappa shape index (κ3) is 4.05. The predicted octanol–water partition coefficient (Wildman–Crippen LogP) is 4.34. The molecule has 0 aliphatic carbocycles. The Labute approximate surface area is 174 Å². The Bertz CT molecular complexity index is 1180. The van der Waals surface area contributed by atoms with E-state index in [1.165, 1.54) is 21.7 Å². The standard InChI is InChI=1S/C21H23N3O3S2/c1-14-6-9-18-19(12-14)28-21(22-18)23-20(25)17-13-16(8-7-15(17)2)29(26,27)24-10-4-3-5-11-24/h6-9,12-13H,3-5,10-11H2,1-2H3,(H,22,23,25). The highest BCUT2D eigenvalue weighted by atomic mass is 32.2. The third-order valence-electron chi connectivity index (χ3n) is 5.17. The van der Waals surface area contributed by atoms with Gasteiger partial charge in [0.25, 0.3) is 5.91 Å². The van der Waals surface area contributed by atoms with Gasteiger partial charge in [-0.15, -0.1) is 0 Å². The molecule has 4 rings (SSSR count). The van der Waals surface area contributed by atoms with E-state index in [1.807, 2.05) is 25.1 Å². The number of nitrogens with one attached hydrogen (secondary N) is 1. The van der Waals surface area contributed by atoms with Crippen LogP contribution >= 0.6 is 11.3 Å². The molecular formula is C21H23N3O3S2. The summed E-state index contributed by atoms with van der Waals surface area (Å²) >= 11 is 1.40. The molecule has 1 aromatic heterocycles. The number of carbonyl (C=O) groups excluding carboxylic acids is 1. The van der Waals surface area contributed by atoms with Crippen LogP contribution in [0.4, 0.5) is 5.13 Å². The number of rotatable bonds is 4. The molecule has 2 heterocycles. The molecule has 6 nitrogen and oxygen atoms in total. The molecular weight excluding hydrogens is 406 g/mol. The second-order valence-corrected chi connectivity index (χ2v) is 10.4. The molecule has 0 bridgehead atoms. The van der Waals surface area contributed by atoms with E-state index in [1.54, 1.807) is 19.1 Å². The van der Waals surface area contributed by atoms with E-state index in [4.69, 9.17) is 0 Å². The first kappa shape index (κ1) is 20.0. The van der Waals surface area contributed by atoms with Crippen LogP contribution in [0.3, 0.4) is 0 Å². The molecule has 1 amide bonds. The Morgan fingerprint density at radius 3 is 2.59 bits per heavy atom.